The average Bonchev–Trinajstić information content (AvgIpc) is 2.97. The first-order valence-corrected chi connectivity index (χ1v) is 13.4. The Kier molecular flexibility index (Phi) is 9.64. The van der Waals surface area contributed by atoms with Gasteiger partial charge in [-0.25, -0.2) is 0 Å². The van der Waals surface area contributed by atoms with Crippen LogP contribution in [0.5, 0.6) is 0 Å². The fourth-order valence-corrected chi connectivity index (χ4v) is 5.10. The van der Waals surface area contributed by atoms with Gasteiger partial charge in [0.2, 0.25) is 0 Å². The summed E-state index contributed by atoms with van der Waals surface area (Å²) in [5.41, 5.74) is 2.74. The monoisotopic (exact) mass is 566 g/mol. The standard InChI is InChI=1S/C33H31BrN2O2/c1-2-23-36(24-22-35)31(32(37)26-18-20-30(34)21-19-26)25-38-33(27-12-6-3-7-13-27,28-14-8-4-9-15-28)29-16-10-5-11-17-29/h2-21,31-32,37H,1,23-25H2/t31-,32+/m0/s1. The van der Waals surface area contributed by atoms with E-state index >= 15 is 0 Å². The fourth-order valence-electron chi connectivity index (χ4n) is 4.83. The van der Waals surface area contributed by atoms with Crippen molar-refractivity contribution in [2.24, 2.45) is 0 Å². The summed E-state index contributed by atoms with van der Waals surface area (Å²) in [6, 6.07) is 39.7. The van der Waals surface area contributed by atoms with Gasteiger partial charge in [0.05, 0.1) is 31.4 Å². The minimum atomic E-state index is -0.937. The van der Waals surface area contributed by atoms with E-state index in [0.717, 1.165) is 26.7 Å². The van der Waals surface area contributed by atoms with Crippen LogP contribution >= 0.6 is 15.9 Å². The Bertz CT molecular complexity index is 1230. The molecule has 5 heteroatoms. The molecule has 0 radical (unpaired) electrons. The molecule has 0 amide bonds. The largest absolute Gasteiger partial charge is 0.387 e. The van der Waals surface area contributed by atoms with E-state index in [9.17, 15) is 10.4 Å². The molecule has 0 aromatic heterocycles. The maximum absolute atomic E-state index is 11.6. The zero-order valence-corrected chi connectivity index (χ0v) is 22.7. The van der Waals surface area contributed by atoms with E-state index in [2.05, 4.69) is 65.0 Å². The number of benzene rings is 4. The average molecular weight is 568 g/mol. The lowest BCUT2D eigenvalue weighted by molar-refractivity contribution is -0.0538. The number of hydrogen-bond donors (Lipinski definition) is 1. The SMILES string of the molecule is C=CCN(CC#N)[C@@H](COC(c1ccccc1)(c1ccccc1)c1ccccc1)[C@H](O)c1ccc(Br)cc1. The van der Waals surface area contributed by atoms with E-state index in [1.165, 1.54) is 0 Å². The smallest absolute Gasteiger partial charge is 0.143 e. The minimum Gasteiger partial charge on any atom is -0.387 e. The summed E-state index contributed by atoms with van der Waals surface area (Å²) in [5, 5.41) is 21.2. The quantitative estimate of drug-likeness (QED) is 0.115. The lowest BCUT2D eigenvalue weighted by Crippen LogP contribution is -2.46. The van der Waals surface area contributed by atoms with E-state index in [-0.39, 0.29) is 13.2 Å². The molecule has 0 spiro atoms. The van der Waals surface area contributed by atoms with Crippen molar-refractivity contribution in [1.82, 2.24) is 4.90 Å². The van der Waals surface area contributed by atoms with Crippen molar-refractivity contribution in [2.45, 2.75) is 17.7 Å². The summed E-state index contributed by atoms with van der Waals surface area (Å²) in [6.07, 6.45) is 0.855. The van der Waals surface area contributed by atoms with Crippen molar-refractivity contribution in [3.63, 3.8) is 0 Å². The van der Waals surface area contributed by atoms with Crippen molar-refractivity contribution in [3.05, 3.63) is 155 Å². The normalized spacial score (nSPS) is 13.0. The Morgan fingerprint density at radius 3 is 1.74 bits per heavy atom. The Balaban J connectivity index is 1.83. The second kappa shape index (κ2) is 13.3. The summed E-state index contributed by atoms with van der Waals surface area (Å²) >= 11 is 3.47. The number of aliphatic hydroxyl groups excluding tert-OH is 1. The predicted octanol–water partition coefficient (Wildman–Crippen LogP) is 6.87. The first kappa shape index (κ1) is 27.5. The van der Waals surface area contributed by atoms with Crippen molar-refractivity contribution >= 4 is 15.9 Å². The van der Waals surface area contributed by atoms with Gasteiger partial charge in [-0.3, -0.25) is 4.90 Å². The van der Waals surface area contributed by atoms with Crippen LogP contribution in [0.3, 0.4) is 0 Å². The zero-order chi connectivity index (χ0) is 26.8. The molecule has 0 unspecified atom stereocenters. The molecule has 0 saturated heterocycles. The molecule has 0 aliphatic rings. The molecule has 1 N–H and O–H groups in total. The molecule has 38 heavy (non-hydrogen) atoms. The van der Waals surface area contributed by atoms with Crippen molar-refractivity contribution in [2.75, 3.05) is 19.7 Å². The van der Waals surface area contributed by atoms with Crippen molar-refractivity contribution < 1.29 is 9.84 Å². The lowest BCUT2D eigenvalue weighted by atomic mass is 9.80. The molecule has 4 aromatic carbocycles. The van der Waals surface area contributed by atoms with Crippen LogP contribution in [0.1, 0.15) is 28.4 Å². The van der Waals surface area contributed by atoms with Crippen LogP contribution in [0, 0.1) is 11.3 Å². The topological polar surface area (TPSA) is 56.5 Å². The Morgan fingerprint density at radius 2 is 1.32 bits per heavy atom. The maximum Gasteiger partial charge on any atom is 0.143 e. The molecule has 0 aliphatic heterocycles. The van der Waals surface area contributed by atoms with E-state index in [1.54, 1.807) is 6.08 Å². The highest BCUT2D eigenvalue weighted by molar-refractivity contribution is 9.10. The third-order valence-corrected chi connectivity index (χ3v) is 7.22. The van der Waals surface area contributed by atoms with Gasteiger partial charge in [-0.05, 0) is 34.4 Å². The molecule has 4 rings (SSSR count). The molecule has 4 nitrogen and oxygen atoms in total. The summed E-state index contributed by atoms with van der Waals surface area (Å²) < 4.78 is 7.96. The Morgan fingerprint density at radius 1 is 0.842 bits per heavy atom. The molecular weight excluding hydrogens is 536 g/mol. The first-order valence-electron chi connectivity index (χ1n) is 12.6. The number of ether oxygens (including phenoxy) is 1. The van der Waals surface area contributed by atoms with Gasteiger partial charge in [-0.15, -0.1) is 6.58 Å². The van der Waals surface area contributed by atoms with Crippen LogP contribution in [0.25, 0.3) is 0 Å². The third kappa shape index (κ3) is 6.12. The highest BCUT2D eigenvalue weighted by Crippen LogP contribution is 2.41. The third-order valence-electron chi connectivity index (χ3n) is 6.69. The summed E-state index contributed by atoms with van der Waals surface area (Å²) in [6.45, 7) is 4.60. The highest BCUT2D eigenvalue weighted by atomic mass is 79.9. The van der Waals surface area contributed by atoms with Gasteiger partial charge in [-0.1, -0.05) is 125 Å². The van der Waals surface area contributed by atoms with Crippen LogP contribution in [0.4, 0.5) is 0 Å². The highest BCUT2D eigenvalue weighted by Gasteiger charge is 2.39. The number of hydrogen-bond acceptors (Lipinski definition) is 4. The van der Waals surface area contributed by atoms with Gasteiger partial charge < -0.3 is 9.84 Å². The first-order chi connectivity index (χ1) is 18.6. The second-order valence-corrected chi connectivity index (χ2v) is 9.95. The van der Waals surface area contributed by atoms with E-state index in [0.29, 0.717) is 6.54 Å². The fraction of sp³-hybridized carbons (Fsp3) is 0.182. The van der Waals surface area contributed by atoms with E-state index in [1.807, 2.05) is 83.8 Å². The molecule has 0 saturated carbocycles. The summed E-state index contributed by atoms with van der Waals surface area (Å²) in [7, 11) is 0. The molecule has 0 fully saturated rings. The summed E-state index contributed by atoms with van der Waals surface area (Å²) in [5.74, 6) is 0. The lowest BCUT2D eigenvalue weighted by Gasteiger charge is -2.40. The van der Waals surface area contributed by atoms with Gasteiger partial charge in [0.25, 0.3) is 0 Å². The molecule has 0 aliphatic carbocycles. The number of rotatable bonds is 12. The van der Waals surface area contributed by atoms with Gasteiger partial charge in [-0.2, -0.15) is 5.26 Å². The molecule has 192 valence electrons. The maximum atomic E-state index is 11.6. The van der Waals surface area contributed by atoms with Crippen molar-refractivity contribution in [1.29, 1.82) is 5.26 Å². The van der Waals surface area contributed by atoms with E-state index < -0.39 is 17.7 Å². The van der Waals surface area contributed by atoms with Crippen LogP contribution in [0.2, 0.25) is 0 Å². The number of nitriles is 1. The molecule has 2 atom stereocenters. The van der Waals surface area contributed by atoms with Crippen LogP contribution in [-0.4, -0.2) is 35.7 Å². The van der Waals surface area contributed by atoms with E-state index in [4.69, 9.17) is 4.74 Å². The zero-order valence-electron chi connectivity index (χ0n) is 21.2. The second-order valence-electron chi connectivity index (χ2n) is 9.03. The molecular formula is C33H31BrN2O2. The molecule has 4 aromatic rings. The Labute approximate surface area is 233 Å². The number of halogens is 1. The van der Waals surface area contributed by atoms with Crippen molar-refractivity contribution in [3.8, 4) is 6.07 Å². The Hall–Kier alpha value is -3.53. The number of aliphatic hydroxyl groups is 1. The van der Waals surface area contributed by atoms with Crippen LogP contribution < -0.4 is 0 Å². The van der Waals surface area contributed by atoms with Gasteiger partial charge >= 0.3 is 0 Å². The van der Waals surface area contributed by atoms with Gasteiger partial charge in [0, 0.05) is 11.0 Å². The molecule has 0 heterocycles. The summed E-state index contributed by atoms with van der Waals surface area (Å²) in [4.78, 5) is 1.91. The number of nitrogens with zero attached hydrogens (tertiary/aromatic N) is 2. The predicted molar refractivity (Wildman–Crippen MR) is 155 cm³/mol. The minimum absolute atomic E-state index is 0.128. The van der Waals surface area contributed by atoms with Gasteiger partial charge in [0.1, 0.15) is 5.60 Å². The van der Waals surface area contributed by atoms with Gasteiger partial charge in [0.15, 0.2) is 0 Å². The van der Waals surface area contributed by atoms with Crippen LogP contribution in [0.15, 0.2) is 132 Å². The van der Waals surface area contributed by atoms with Crippen LogP contribution in [-0.2, 0) is 10.3 Å². The molecule has 0 bridgehead atoms.